The minimum Gasteiger partial charge on any atom is -0.267 e. The molecule has 0 radical (unpaired) electrons. The van der Waals surface area contributed by atoms with Gasteiger partial charge in [-0.25, -0.2) is 9.67 Å². The van der Waals surface area contributed by atoms with Crippen molar-refractivity contribution in [1.29, 1.82) is 0 Å². The lowest BCUT2D eigenvalue weighted by Crippen LogP contribution is -2.16. The normalized spacial score (nSPS) is 11.8. The van der Waals surface area contributed by atoms with Gasteiger partial charge in [0.25, 0.3) is 11.7 Å². The van der Waals surface area contributed by atoms with Crippen LogP contribution in [0.1, 0.15) is 15.9 Å². The van der Waals surface area contributed by atoms with Gasteiger partial charge in [0.1, 0.15) is 12.0 Å². The quantitative estimate of drug-likeness (QED) is 0.453. The van der Waals surface area contributed by atoms with Gasteiger partial charge in [-0.1, -0.05) is 47.2 Å². The molecule has 8 nitrogen and oxygen atoms in total. The number of rotatable bonds is 3. The first-order chi connectivity index (χ1) is 14.7. The van der Waals surface area contributed by atoms with Crippen molar-refractivity contribution < 1.29 is 4.79 Å². The number of nitrogens with zero attached hydrogens (tertiary/aromatic N) is 7. The first kappa shape index (κ1) is 18.1. The Hall–Kier alpha value is -3.98. The topological polar surface area (TPSA) is 90.3 Å². The highest BCUT2D eigenvalue weighted by Crippen LogP contribution is 2.20. The Morgan fingerprint density at radius 1 is 1.00 bits per heavy atom. The third-order valence-corrected chi connectivity index (χ3v) is 5.39. The number of benzene rings is 2. The molecule has 5 aromatic rings. The van der Waals surface area contributed by atoms with Crippen LogP contribution in [0.4, 0.5) is 0 Å². The van der Waals surface area contributed by atoms with Crippen LogP contribution in [0.3, 0.4) is 0 Å². The van der Waals surface area contributed by atoms with Crippen molar-refractivity contribution in [3.63, 3.8) is 0 Å². The molecule has 30 heavy (non-hydrogen) atoms. The molecular weight excluding hydrogens is 398 g/mol. The molecule has 5 rings (SSSR count). The molecule has 0 aliphatic heterocycles. The Morgan fingerprint density at radius 2 is 1.80 bits per heavy atom. The standard InChI is InChI=1S/C21H15N7OS/c1-14-7-9-16(10-8-14)27-21(25-18(29)15-5-3-2-4-6-15)30-19(26-27)17-11-12-22-20-23-13-24-28(17)20/h2-13H,1H3. The van der Waals surface area contributed by atoms with Crippen LogP contribution >= 0.6 is 11.3 Å². The van der Waals surface area contributed by atoms with E-state index in [0.29, 0.717) is 21.2 Å². The molecule has 9 heteroatoms. The van der Waals surface area contributed by atoms with Gasteiger partial charge in [-0.15, -0.1) is 0 Å². The molecular formula is C21H15N7OS. The van der Waals surface area contributed by atoms with Gasteiger partial charge >= 0.3 is 0 Å². The average Bonchev–Trinajstić information content (AvgIpc) is 3.42. The van der Waals surface area contributed by atoms with Crippen molar-refractivity contribution in [3.8, 4) is 16.4 Å². The molecule has 0 aliphatic carbocycles. The van der Waals surface area contributed by atoms with Crippen molar-refractivity contribution in [2.45, 2.75) is 6.92 Å². The zero-order valence-electron chi connectivity index (χ0n) is 15.9. The predicted molar refractivity (Wildman–Crippen MR) is 112 cm³/mol. The minimum atomic E-state index is -0.327. The average molecular weight is 413 g/mol. The molecule has 0 N–H and O–H groups in total. The molecule has 1 amide bonds. The Labute approximate surface area is 174 Å². The van der Waals surface area contributed by atoms with Gasteiger partial charge < -0.3 is 0 Å². The lowest BCUT2D eigenvalue weighted by Gasteiger charge is -2.02. The fourth-order valence-electron chi connectivity index (χ4n) is 2.94. The predicted octanol–water partition coefficient (Wildman–Crippen LogP) is 3.09. The van der Waals surface area contributed by atoms with Crippen molar-refractivity contribution >= 4 is 23.0 Å². The number of hydrogen-bond acceptors (Lipinski definition) is 6. The summed E-state index contributed by atoms with van der Waals surface area (Å²) >= 11 is 1.30. The van der Waals surface area contributed by atoms with E-state index in [1.807, 2.05) is 55.5 Å². The molecule has 3 heterocycles. The molecule has 3 aromatic heterocycles. The van der Waals surface area contributed by atoms with Crippen LogP contribution < -0.4 is 4.80 Å². The third-order valence-electron chi connectivity index (χ3n) is 4.46. The third kappa shape index (κ3) is 3.31. The summed E-state index contributed by atoms with van der Waals surface area (Å²) in [5.41, 5.74) is 3.18. The van der Waals surface area contributed by atoms with Gasteiger partial charge in [-0.2, -0.15) is 24.7 Å². The van der Waals surface area contributed by atoms with E-state index in [-0.39, 0.29) is 5.91 Å². The van der Waals surface area contributed by atoms with Gasteiger partial charge in [0.05, 0.1) is 5.69 Å². The van der Waals surface area contributed by atoms with Gasteiger partial charge in [-0.05, 0) is 37.3 Å². The fourth-order valence-corrected chi connectivity index (χ4v) is 3.86. The Bertz CT molecular complexity index is 1420. The van der Waals surface area contributed by atoms with Gasteiger partial charge in [-0.3, -0.25) is 4.79 Å². The van der Waals surface area contributed by atoms with E-state index in [9.17, 15) is 4.79 Å². The van der Waals surface area contributed by atoms with Crippen molar-refractivity contribution in [3.05, 3.63) is 89.1 Å². The SMILES string of the molecule is Cc1ccc(-n2nc(-c3ccnc4ncnn34)sc2=NC(=O)c2ccccc2)cc1. The summed E-state index contributed by atoms with van der Waals surface area (Å²) in [4.78, 5) is 25.9. The first-order valence-electron chi connectivity index (χ1n) is 9.15. The van der Waals surface area contributed by atoms with E-state index in [4.69, 9.17) is 5.10 Å². The monoisotopic (exact) mass is 413 g/mol. The molecule has 146 valence electrons. The number of fused-ring (bicyclic) bond motifs is 1. The second kappa shape index (κ2) is 7.45. The van der Waals surface area contributed by atoms with Crippen LogP contribution in [0.15, 0.2) is 78.2 Å². The van der Waals surface area contributed by atoms with Crippen molar-refractivity contribution in [2.75, 3.05) is 0 Å². The van der Waals surface area contributed by atoms with E-state index in [1.54, 1.807) is 27.5 Å². The summed E-state index contributed by atoms with van der Waals surface area (Å²) < 4.78 is 3.28. The summed E-state index contributed by atoms with van der Waals surface area (Å²) in [6.45, 7) is 2.02. The largest absolute Gasteiger partial charge is 0.279 e. The van der Waals surface area contributed by atoms with Gasteiger partial charge in [0.2, 0.25) is 4.80 Å². The van der Waals surface area contributed by atoms with Gasteiger partial charge in [0.15, 0.2) is 5.01 Å². The van der Waals surface area contributed by atoms with Crippen molar-refractivity contribution in [1.82, 2.24) is 29.4 Å². The lowest BCUT2D eigenvalue weighted by molar-refractivity contribution is 0.0998. The van der Waals surface area contributed by atoms with E-state index in [2.05, 4.69) is 20.1 Å². The molecule has 0 saturated heterocycles. The molecule has 0 fully saturated rings. The summed E-state index contributed by atoms with van der Waals surface area (Å²) in [7, 11) is 0. The second-order valence-corrected chi connectivity index (χ2v) is 7.48. The molecule has 0 aliphatic rings. The summed E-state index contributed by atoms with van der Waals surface area (Å²) in [6.07, 6.45) is 3.10. The van der Waals surface area contributed by atoms with Crippen molar-refractivity contribution in [2.24, 2.45) is 4.99 Å². The van der Waals surface area contributed by atoms with E-state index >= 15 is 0 Å². The zero-order valence-corrected chi connectivity index (χ0v) is 16.7. The zero-order chi connectivity index (χ0) is 20.5. The molecule has 2 aromatic carbocycles. The summed E-state index contributed by atoms with van der Waals surface area (Å²) in [5, 5.41) is 9.61. The van der Waals surface area contributed by atoms with Crippen LogP contribution in [-0.2, 0) is 0 Å². The number of aryl methyl sites for hydroxylation is 1. The number of amides is 1. The fraction of sp³-hybridized carbons (Fsp3) is 0.0476. The minimum absolute atomic E-state index is 0.327. The maximum Gasteiger partial charge on any atom is 0.279 e. The Balaban J connectivity index is 1.70. The first-order valence-corrected chi connectivity index (χ1v) is 9.97. The molecule has 0 bridgehead atoms. The molecule has 0 saturated carbocycles. The molecule has 0 atom stereocenters. The maximum atomic E-state index is 12.7. The number of carbonyl (C=O) groups excluding carboxylic acids is 1. The van der Waals surface area contributed by atoms with Crippen LogP contribution in [-0.4, -0.2) is 35.3 Å². The van der Waals surface area contributed by atoms with Gasteiger partial charge in [0, 0.05) is 11.8 Å². The highest BCUT2D eigenvalue weighted by atomic mass is 32.1. The number of carbonyl (C=O) groups is 1. The van der Waals surface area contributed by atoms with Crippen LogP contribution in [0, 0.1) is 6.92 Å². The van der Waals surface area contributed by atoms with Crippen LogP contribution in [0.5, 0.6) is 0 Å². The Morgan fingerprint density at radius 3 is 2.60 bits per heavy atom. The highest BCUT2D eigenvalue weighted by molar-refractivity contribution is 7.12. The number of hydrogen-bond donors (Lipinski definition) is 0. The van der Waals surface area contributed by atoms with E-state index in [0.717, 1.165) is 16.9 Å². The van der Waals surface area contributed by atoms with E-state index < -0.39 is 0 Å². The molecule has 0 spiro atoms. The summed E-state index contributed by atoms with van der Waals surface area (Å²) in [6, 6.07) is 18.7. The van der Waals surface area contributed by atoms with E-state index in [1.165, 1.54) is 17.7 Å². The molecule has 0 unspecified atom stereocenters. The lowest BCUT2D eigenvalue weighted by atomic mass is 10.2. The van der Waals surface area contributed by atoms with Crippen LogP contribution in [0.25, 0.3) is 22.2 Å². The summed E-state index contributed by atoms with van der Waals surface area (Å²) in [5.74, 6) is 0.149. The Kier molecular flexibility index (Phi) is 4.49. The highest BCUT2D eigenvalue weighted by Gasteiger charge is 2.15. The smallest absolute Gasteiger partial charge is 0.267 e. The maximum absolute atomic E-state index is 12.7. The number of aromatic nitrogens is 6. The second-order valence-electron chi connectivity index (χ2n) is 6.52. The van der Waals surface area contributed by atoms with Crippen LogP contribution in [0.2, 0.25) is 0 Å².